The predicted octanol–water partition coefficient (Wildman–Crippen LogP) is 2.82. The first kappa shape index (κ1) is 12.8. The monoisotopic (exact) mass is 242 g/mol. The number of carbonyl (C=O) groups excluding carboxylic acids is 2. The first-order chi connectivity index (χ1) is 7.43. The van der Waals surface area contributed by atoms with E-state index < -0.39 is 11.7 Å². The SMILES string of the molecule is CC(=O)C(Cc1c(F)cccc1Cl)C(C)=O. The van der Waals surface area contributed by atoms with Crippen molar-refractivity contribution in [2.75, 3.05) is 0 Å². The minimum atomic E-state index is -0.811. The molecule has 0 spiro atoms. The molecule has 0 saturated heterocycles. The van der Waals surface area contributed by atoms with Gasteiger partial charge in [0, 0.05) is 10.6 Å². The fraction of sp³-hybridized carbons (Fsp3) is 0.333. The highest BCUT2D eigenvalue weighted by Crippen LogP contribution is 2.23. The Morgan fingerprint density at radius 3 is 2.31 bits per heavy atom. The number of Topliss-reactive ketones (excluding diaryl/α,β-unsaturated/α-hetero) is 2. The van der Waals surface area contributed by atoms with Crippen molar-refractivity contribution in [2.24, 2.45) is 5.92 Å². The van der Waals surface area contributed by atoms with Crippen molar-refractivity contribution in [3.63, 3.8) is 0 Å². The Morgan fingerprint density at radius 2 is 1.88 bits per heavy atom. The highest BCUT2D eigenvalue weighted by atomic mass is 35.5. The van der Waals surface area contributed by atoms with Gasteiger partial charge in [0.2, 0.25) is 0 Å². The van der Waals surface area contributed by atoms with Crippen molar-refractivity contribution in [1.82, 2.24) is 0 Å². The van der Waals surface area contributed by atoms with Crippen molar-refractivity contribution < 1.29 is 14.0 Å². The van der Waals surface area contributed by atoms with Crippen molar-refractivity contribution in [1.29, 1.82) is 0 Å². The van der Waals surface area contributed by atoms with Crippen LogP contribution in [0.15, 0.2) is 18.2 Å². The number of halogens is 2. The van der Waals surface area contributed by atoms with Gasteiger partial charge in [0.1, 0.15) is 17.4 Å². The molecular formula is C12H12ClFO2. The summed E-state index contributed by atoms with van der Waals surface area (Å²) in [6, 6.07) is 4.29. The first-order valence-corrected chi connectivity index (χ1v) is 5.25. The zero-order chi connectivity index (χ0) is 12.3. The summed E-state index contributed by atoms with van der Waals surface area (Å²) in [5, 5.41) is 0.243. The lowest BCUT2D eigenvalue weighted by Gasteiger charge is -2.12. The molecular weight excluding hydrogens is 231 g/mol. The molecule has 4 heteroatoms. The molecule has 0 aliphatic carbocycles. The molecule has 16 heavy (non-hydrogen) atoms. The lowest BCUT2D eigenvalue weighted by molar-refractivity contribution is -0.130. The smallest absolute Gasteiger partial charge is 0.140 e. The molecule has 0 heterocycles. The minimum Gasteiger partial charge on any atom is -0.299 e. The van der Waals surface area contributed by atoms with Gasteiger partial charge in [-0.15, -0.1) is 0 Å². The second kappa shape index (κ2) is 5.21. The summed E-state index contributed by atoms with van der Waals surface area (Å²) in [6.07, 6.45) is 0.0240. The van der Waals surface area contributed by atoms with Crippen LogP contribution in [0.25, 0.3) is 0 Å². The molecule has 0 atom stereocenters. The zero-order valence-electron chi connectivity index (χ0n) is 9.09. The molecule has 2 nitrogen and oxygen atoms in total. The third-order valence-electron chi connectivity index (χ3n) is 2.45. The Balaban J connectivity index is 3.03. The summed E-state index contributed by atoms with van der Waals surface area (Å²) in [5.41, 5.74) is 0.222. The van der Waals surface area contributed by atoms with Crippen molar-refractivity contribution >= 4 is 23.2 Å². The Kier molecular flexibility index (Phi) is 4.19. The minimum absolute atomic E-state index is 0.0240. The number of ketones is 2. The number of hydrogen-bond donors (Lipinski definition) is 0. The number of rotatable bonds is 4. The largest absolute Gasteiger partial charge is 0.299 e. The zero-order valence-corrected chi connectivity index (χ0v) is 9.84. The van der Waals surface area contributed by atoms with Crippen molar-refractivity contribution in [2.45, 2.75) is 20.3 Å². The summed E-state index contributed by atoms with van der Waals surface area (Å²) < 4.78 is 13.4. The average molecular weight is 243 g/mol. The Bertz CT molecular complexity index is 395. The van der Waals surface area contributed by atoms with Crippen LogP contribution in [0.4, 0.5) is 4.39 Å². The van der Waals surface area contributed by atoms with E-state index in [0.717, 1.165) is 0 Å². The molecule has 0 aromatic heterocycles. The van der Waals surface area contributed by atoms with Crippen LogP contribution in [0.1, 0.15) is 19.4 Å². The Morgan fingerprint density at radius 1 is 1.31 bits per heavy atom. The maximum atomic E-state index is 13.4. The van der Waals surface area contributed by atoms with Gasteiger partial charge < -0.3 is 0 Å². The van der Waals surface area contributed by atoms with Gasteiger partial charge in [-0.2, -0.15) is 0 Å². The summed E-state index contributed by atoms with van der Waals surface area (Å²) in [5.74, 6) is -1.84. The molecule has 0 N–H and O–H groups in total. The maximum Gasteiger partial charge on any atom is 0.140 e. The van der Waals surface area contributed by atoms with Gasteiger partial charge in [-0.25, -0.2) is 4.39 Å². The van der Waals surface area contributed by atoms with Crippen molar-refractivity contribution in [3.8, 4) is 0 Å². The van der Waals surface area contributed by atoms with E-state index in [4.69, 9.17) is 11.6 Å². The van der Waals surface area contributed by atoms with E-state index in [1.165, 1.54) is 32.0 Å². The van der Waals surface area contributed by atoms with E-state index in [-0.39, 0.29) is 28.6 Å². The van der Waals surface area contributed by atoms with Gasteiger partial charge in [-0.05, 0) is 32.4 Å². The van der Waals surface area contributed by atoms with Crippen LogP contribution < -0.4 is 0 Å². The molecule has 0 saturated carbocycles. The standard InChI is InChI=1S/C12H12ClFO2/c1-7(15)9(8(2)16)6-10-11(13)4-3-5-12(10)14/h3-5,9H,6H2,1-2H3. The first-order valence-electron chi connectivity index (χ1n) is 4.87. The topological polar surface area (TPSA) is 34.1 Å². The van der Waals surface area contributed by atoms with Crippen LogP contribution in [0.3, 0.4) is 0 Å². The second-order valence-corrected chi connectivity index (χ2v) is 4.09. The molecule has 86 valence electrons. The highest BCUT2D eigenvalue weighted by molar-refractivity contribution is 6.31. The van der Waals surface area contributed by atoms with Gasteiger partial charge in [-0.3, -0.25) is 9.59 Å². The quantitative estimate of drug-likeness (QED) is 0.761. The molecule has 0 fully saturated rings. The van der Waals surface area contributed by atoms with E-state index in [1.807, 2.05) is 0 Å². The molecule has 1 aromatic carbocycles. The number of benzene rings is 1. The predicted molar refractivity (Wildman–Crippen MR) is 60.0 cm³/mol. The van der Waals surface area contributed by atoms with E-state index >= 15 is 0 Å². The van der Waals surface area contributed by atoms with Crippen LogP contribution in [0.2, 0.25) is 5.02 Å². The Hall–Kier alpha value is -1.22. The lowest BCUT2D eigenvalue weighted by Crippen LogP contribution is -2.22. The van der Waals surface area contributed by atoms with Crippen molar-refractivity contribution in [3.05, 3.63) is 34.6 Å². The van der Waals surface area contributed by atoms with Gasteiger partial charge in [0.05, 0.1) is 5.92 Å². The van der Waals surface area contributed by atoms with Crippen LogP contribution in [-0.2, 0) is 16.0 Å². The average Bonchev–Trinajstić information content (AvgIpc) is 2.15. The molecule has 1 rings (SSSR count). The third-order valence-corrected chi connectivity index (χ3v) is 2.81. The van der Waals surface area contributed by atoms with Crippen LogP contribution in [0.5, 0.6) is 0 Å². The summed E-state index contributed by atoms with van der Waals surface area (Å²) >= 11 is 5.82. The molecule has 0 bridgehead atoms. The second-order valence-electron chi connectivity index (χ2n) is 3.68. The van der Waals surface area contributed by atoms with Crippen LogP contribution in [0, 0.1) is 11.7 Å². The van der Waals surface area contributed by atoms with E-state index in [9.17, 15) is 14.0 Å². The van der Waals surface area contributed by atoms with Crippen LogP contribution >= 0.6 is 11.6 Å². The normalized spacial score (nSPS) is 10.6. The lowest BCUT2D eigenvalue weighted by atomic mass is 9.92. The van der Waals surface area contributed by atoms with E-state index in [2.05, 4.69) is 0 Å². The van der Waals surface area contributed by atoms with E-state index in [0.29, 0.717) is 0 Å². The van der Waals surface area contributed by atoms with Gasteiger partial charge in [0.25, 0.3) is 0 Å². The highest BCUT2D eigenvalue weighted by Gasteiger charge is 2.22. The van der Waals surface area contributed by atoms with Crippen LogP contribution in [-0.4, -0.2) is 11.6 Å². The fourth-order valence-corrected chi connectivity index (χ4v) is 1.75. The van der Waals surface area contributed by atoms with Gasteiger partial charge >= 0.3 is 0 Å². The maximum absolute atomic E-state index is 13.4. The van der Waals surface area contributed by atoms with E-state index in [1.54, 1.807) is 0 Å². The molecule has 0 amide bonds. The van der Waals surface area contributed by atoms with Gasteiger partial charge in [-0.1, -0.05) is 17.7 Å². The third kappa shape index (κ3) is 2.89. The summed E-state index contributed by atoms with van der Waals surface area (Å²) in [7, 11) is 0. The molecule has 0 aliphatic heterocycles. The fourth-order valence-electron chi connectivity index (χ4n) is 1.51. The molecule has 0 aliphatic rings. The summed E-state index contributed by atoms with van der Waals surface area (Å²) in [6.45, 7) is 2.64. The molecule has 0 unspecified atom stereocenters. The molecule has 0 radical (unpaired) electrons. The number of carbonyl (C=O) groups is 2. The van der Waals surface area contributed by atoms with Gasteiger partial charge in [0.15, 0.2) is 0 Å². The summed E-state index contributed by atoms with van der Waals surface area (Å²) in [4.78, 5) is 22.5. The number of hydrogen-bond acceptors (Lipinski definition) is 2. The molecule has 1 aromatic rings. The Labute approximate surface area is 98.4 Å².